The summed E-state index contributed by atoms with van der Waals surface area (Å²) in [6.45, 7) is 34.0. The maximum atomic E-state index is 4.17. The van der Waals surface area contributed by atoms with E-state index < -0.39 is 0 Å². The highest BCUT2D eigenvalue weighted by Crippen LogP contribution is 2.41. The number of rotatable bonds is 18. The zero-order chi connectivity index (χ0) is 47.3. The van der Waals surface area contributed by atoms with Gasteiger partial charge in [-0.3, -0.25) is 0 Å². The molecule has 5 rings (SSSR count). The first-order valence-electron chi connectivity index (χ1n) is 25.6. The molecule has 2 aromatic carbocycles. The van der Waals surface area contributed by atoms with Crippen LogP contribution < -0.4 is 21.6 Å². The van der Waals surface area contributed by atoms with Crippen LogP contribution in [0.25, 0.3) is 10.1 Å². The zero-order valence-corrected chi connectivity index (χ0v) is 44.2. The maximum Gasteiger partial charge on any atom is 0.243 e. The summed E-state index contributed by atoms with van der Waals surface area (Å²) in [4.78, 5) is 0. The Morgan fingerprint density at radius 3 is 2.28 bits per heavy atom. The van der Waals surface area contributed by atoms with Crippen molar-refractivity contribution in [1.29, 1.82) is 0 Å². The minimum atomic E-state index is 0.0261. The van der Waals surface area contributed by atoms with E-state index in [4.69, 9.17) is 0 Å². The Hall–Kier alpha value is -4.02. The second-order valence-electron chi connectivity index (χ2n) is 21.4. The Morgan fingerprint density at radius 1 is 0.923 bits per heavy atom. The molecule has 4 unspecified atom stereocenters. The van der Waals surface area contributed by atoms with E-state index in [-0.39, 0.29) is 12.1 Å². The first-order chi connectivity index (χ1) is 31.0. The van der Waals surface area contributed by atoms with Gasteiger partial charge in [0.1, 0.15) is 0 Å². The molecule has 0 fully saturated rings. The highest BCUT2D eigenvalue weighted by atomic mass is 32.1. The minimum Gasteiger partial charge on any atom is -0.382 e. The van der Waals surface area contributed by atoms with E-state index in [1.807, 2.05) is 11.3 Å². The summed E-state index contributed by atoms with van der Waals surface area (Å²) in [6, 6.07) is 15.0. The van der Waals surface area contributed by atoms with Crippen molar-refractivity contribution >= 4 is 39.1 Å². The van der Waals surface area contributed by atoms with Crippen LogP contribution in [0.1, 0.15) is 189 Å². The van der Waals surface area contributed by atoms with Crippen molar-refractivity contribution in [3.8, 4) is 0 Å². The third kappa shape index (κ3) is 14.5. The molecule has 0 saturated heterocycles. The predicted octanol–water partition coefficient (Wildman–Crippen LogP) is 16.5. The number of thiophene rings is 1. The van der Waals surface area contributed by atoms with Crippen molar-refractivity contribution in [3.05, 3.63) is 152 Å². The molecule has 0 aliphatic heterocycles. The van der Waals surface area contributed by atoms with Crippen molar-refractivity contribution in [3.63, 3.8) is 0 Å². The van der Waals surface area contributed by atoms with E-state index in [2.05, 4.69) is 204 Å². The van der Waals surface area contributed by atoms with Gasteiger partial charge in [-0.2, -0.15) is 0 Å². The molecule has 65 heavy (non-hydrogen) atoms. The highest BCUT2D eigenvalue weighted by molar-refractivity contribution is 7.19. The van der Waals surface area contributed by atoms with Crippen molar-refractivity contribution in [2.75, 3.05) is 13.1 Å². The Balaban J connectivity index is 1.79. The molecule has 350 valence electrons. The molecule has 0 bridgehead atoms. The first kappa shape index (κ1) is 52.0. The molecule has 1 heterocycles. The van der Waals surface area contributed by atoms with Crippen molar-refractivity contribution in [2.24, 2.45) is 17.3 Å². The molecule has 4 heteroatoms. The lowest BCUT2D eigenvalue weighted by atomic mass is 9.35. The summed E-state index contributed by atoms with van der Waals surface area (Å²) in [5.74, 6) is 2.81. The molecule has 0 radical (unpaired) electrons. The SMILES string of the molecule is C\C=C/C=C(C)/C(=C/C(=C\C)C(C)C)CN/C(C=C(C)C)=C(/CNC1=C/CC(C)(C)CCC(C)C/C=C\1)B(c1ccc(C(C)CCCC)cc1)c1csc2cc3c(cc12)C(C)CCC3C. The lowest BCUT2D eigenvalue weighted by Gasteiger charge is -2.28. The van der Waals surface area contributed by atoms with E-state index >= 15 is 0 Å². The fraction of sp³-hybridized carbons (Fsp3) is 0.508. The summed E-state index contributed by atoms with van der Waals surface area (Å²) < 4.78 is 1.41. The normalized spacial score (nSPS) is 21.9. The number of fused-ring (bicyclic) bond motifs is 2. The molecule has 2 N–H and O–H groups in total. The second kappa shape index (κ2) is 24.7. The summed E-state index contributed by atoms with van der Waals surface area (Å²) in [5, 5.41) is 12.2. The van der Waals surface area contributed by atoms with Gasteiger partial charge in [0.15, 0.2) is 0 Å². The quantitative estimate of drug-likeness (QED) is 0.0982. The summed E-state index contributed by atoms with van der Waals surface area (Å²) in [5.41, 5.74) is 16.6. The van der Waals surface area contributed by atoms with E-state index in [0.717, 1.165) is 19.4 Å². The van der Waals surface area contributed by atoms with Crippen molar-refractivity contribution in [1.82, 2.24) is 10.6 Å². The third-order valence-corrected chi connectivity index (χ3v) is 15.5. The number of hydrogen-bond acceptors (Lipinski definition) is 3. The molecule has 1 aromatic heterocycles. The average molecular weight is 891 g/mol. The fourth-order valence-corrected chi connectivity index (χ4v) is 10.9. The predicted molar refractivity (Wildman–Crippen MR) is 294 cm³/mol. The third-order valence-electron chi connectivity index (χ3n) is 14.5. The molecule has 2 nitrogen and oxygen atoms in total. The maximum absolute atomic E-state index is 4.17. The molecule has 2 aliphatic rings. The van der Waals surface area contributed by atoms with Gasteiger partial charge >= 0.3 is 0 Å². The van der Waals surface area contributed by atoms with Crippen LogP contribution in [0.5, 0.6) is 0 Å². The van der Waals surface area contributed by atoms with Gasteiger partial charge in [0.2, 0.25) is 6.71 Å². The van der Waals surface area contributed by atoms with Crippen LogP contribution in [0.3, 0.4) is 0 Å². The standard InChI is InChI=1S/C61H87BN2S/c1-15-18-22-45(9)50-27-29-52(30-28-50)62(58-41-65-60-38-55-48(12)26-25-47(11)54(55)37-56(58)60)57(40-63-53-24-20-21-44(8)31-33-61(13,14)34-32-53)59(35-42(4)5)64-39-51(46(10)23-19-16-2)36-49(17-3)43(6)7/h16-17,19-20,23-24,27-30,32,35-38,41,43-45,47-48,63-64H,15,18,21-22,25-26,31,33-34,39-40H2,1-14H3/b19-16-,24-20-,46-23+,49-17+,51-36+,53-32+,59-57-. The zero-order valence-electron chi connectivity index (χ0n) is 43.4. The second-order valence-corrected chi connectivity index (χ2v) is 22.3. The Morgan fingerprint density at radius 2 is 1.63 bits per heavy atom. The van der Waals surface area contributed by atoms with Crippen LogP contribution in [-0.4, -0.2) is 19.8 Å². The largest absolute Gasteiger partial charge is 0.382 e. The number of nitrogens with one attached hydrogen (secondary N) is 2. The van der Waals surface area contributed by atoms with Gasteiger partial charge in [-0.1, -0.05) is 165 Å². The topological polar surface area (TPSA) is 24.1 Å². The first-order valence-corrected chi connectivity index (χ1v) is 26.5. The summed E-state index contributed by atoms with van der Waals surface area (Å²) in [7, 11) is 0. The van der Waals surface area contributed by atoms with Gasteiger partial charge in [0.05, 0.1) is 0 Å². The van der Waals surface area contributed by atoms with Gasteiger partial charge in [0, 0.05) is 29.2 Å². The van der Waals surface area contributed by atoms with Crippen LogP contribution >= 0.6 is 11.3 Å². The fourth-order valence-electron chi connectivity index (χ4n) is 9.87. The number of unbranched alkanes of at least 4 members (excludes halogenated alkanes) is 1. The Kier molecular flexibility index (Phi) is 19.7. The molecule has 0 amide bonds. The minimum absolute atomic E-state index is 0.0261. The van der Waals surface area contributed by atoms with Crippen molar-refractivity contribution < 1.29 is 0 Å². The van der Waals surface area contributed by atoms with Gasteiger partial charge in [-0.05, 0) is 182 Å². The van der Waals surface area contributed by atoms with E-state index in [1.54, 1.807) is 11.1 Å². The molecule has 4 atom stereocenters. The number of benzene rings is 2. The molecule has 0 spiro atoms. The molecule has 2 aliphatic carbocycles. The summed E-state index contributed by atoms with van der Waals surface area (Å²) in [6.07, 6.45) is 31.9. The summed E-state index contributed by atoms with van der Waals surface area (Å²) >= 11 is 1.94. The van der Waals surface area contributed by atoms with Gasteiger partial charge in [-0.15, -0.1) is 11.3 Å². The molecule has 0 saturated carbocycles. The van der Waals surface area contributed by atoms with Gasteiger partial charge in [-0.25, -0.2) is 0 Å². The number of hydrogen-bond donors (Lipinski definition) is 2. The van der Waals surface area contributed by atoms with Crippen LogP contribution in [0.2, 0.25) is 0 Å². The van der Waals surface area contributed by atoms with E-state index in [0.29, 0.717) is 36.1 Å². The van der Waals surface area contributed by atoms with Gasteiger partial charge in [0.25, 0.3) is 0 Å². The highest BCUT2D eigenvalue weighted by Gasteiger charge is 2.31. The average Bonchev–Trinajstić information content (AvgIpc) is 3.69. The van der Waals surface area contributed by atoms with Gasteiger partial charge < -0.3 is 10.6 Å². The molecule has 3 aromatic rings. The Labute approximate surface area is 402 Å². The smallest absolute Gasteiger partial charge is 0.243 e. The van der Waals surface area contributed by atoms with Crippen LogP contribution in [-0.2, 0) is 0 Å². The van der Waals surface area contributed by atoms with Crippen LogP contribution in [0.4, 0.5) is 0 Å². The van der Waals surface area contributed by atoms with Crippen LogP contribution in [0, 0.1) is 17.3 Å². The monoisotopic (exact) mass is 891 g/mol. The molecular weight excluding hydrogens is 804 g/mol. The Bertz CT molecular complexity index is 2280. The number of allylic oxidation sites excluding steroid dienone is 11. The van der Waals surface area contributed by atoms with Crippen LogP contribution in [0.15, 0.2) is 136 Å². The lowest BCUT2D eigenvalue weighted by molar-refractivity contribution is 0.301. The lowest BCUT2D eigenvalue weighted by Crippen LogP contribution is -2.48. The van der Waals surface area contributed by atoms with E-state index in [1.165, 1.54) is 111 Å². The van der Waals surface area contributed by atoms with Crippen molar-refractivity contribution in [2.45, 2.75) is 172 Å². The van der Waals surface area contributed by atoms with E-state index in [9.17, 15) is 0 Å². The molecular formula is C61H87BN2S.